The standard InChI is InChI=1S/C10H7BrClN/c1-6-4-7(12)5-8-9(11)2-3-13-10(6)8/h2-5H,1H3. The molecule has 0 N–H and O–H groups in total. The Balaban J connectivity index is 2.94. The molecule has 1 heterocycles. The molecule has 0 radical (unpaired) electrons. The predicted molar refractivity (Wildman–Crippen MR) is 59.2 cm³/mol. The van der Waals surface area contributed by atoms with Crippen molar-refractivity contribution in [3.05, 3.63) is 39.5 Å². The molecular weight excluding hydrogens is 249 g/mol. The molecule has 0 saturated carbocycles. The second-order valence-corrected chi connectivity index (χ2v) is 4.20. The Morgan fingerprint density at radius 3 is 2.92 bits per heavy atom. The van der Waals surface area contributed by atoms with Crippen LogP contribution in [0.2, 0.25) is 5.02 Å². The third kappa shape index (κ3) is 1.56. The smallest absolute Gasteiger partial charge is 0.0743 e. The molecular formula is C10H7BrClN. The summed E-state index contributed by atoms with van der Waals surface area (Å²) in [5.74, 6) is 0. The number of hydrogen-bond donors (Lipinski definition) is 0. The molecule has 2 rings (SSSR count). The van der Waals surface area contributed by atoms with Crippen LogP contribution in [0.1, 0.15) is 5.56 Å². The average molecular weight is 257 g/mol. The van der Waals surface area contributed by atoms with Crippen molar-refractivity contribution in [3.8, 4) is 0 Å². The molecule has 0 atom stereocenters. The lowest BCUT2D eigenvalue weighted by Gasteiger charge is -2.03. The summed E-state index contributed by atoms with van der Waals surface area (Å²) in [6.45, 7) is 2.01. The van der Waals surface area contributed by atoms with Crippen LogP contribution in [0, 0.1) is 6.92 Å². The highest BCUT2D eigenvalue weighted by molar-refractivity contribution is 9.10. The molecule has 0 aliphatic carbocycles. The summed E-state index contributed by atoms with van der Waals surface area (Å²) in [7, 11) is 0. The van der Waals surface area contributed by atoms with Gasteiger partial charge in [0.2, 0.25) is 0 Å². The van der Waals surface area contributed by atoms with Crippen LogP contribution >= 0.6 is 27.5 Å². The van der Waals surface area contributed by atoms with E-state index in [9.17, 15) is 0 Å². The minimum absolute atomic E-state index is 0.749. The average Bonchev–Trinajstić information content (AvgIpc) is 2.07. The summed E-state index contributed by atoms with van der Waals surface area (Å²) in [5.41, 5.74) is 2.10. The summed E-state index contributed by atoms with van der Waals surface area (Å²) >= 11 is 9.41. The van der Waals surface area contributed by atoms with Gasteiger partial charge in [-0.1, -0.05) is 27.5 Å². The van der Waals surface area contributed by atoms with Crippen LogP contribution in [0.25, 0.3) is 10.9 Å². The lowest BCUT2D eigenvalue weighted by atomic mass is 10.1. The zero-order chi connectivity index (χ0) is 9.42. The normalized spacial score (nSPS) is 10.7. The van der Waals surface area contributed by atoms with Crippen LogP contribution in [-0.4, -0.2) is 4.98 Å². The Labute approximate surface area is 89.9 Å². The molecule has 3 heteroatoms. The van der Waals surface area contributed by atoms with Crippen LogP contribution in [0.5, 0.6) is 0 Å². The second-order valence-electron chi connectivity index (χ2n) is 2.91. The maximum Gasteiger partial charge on any atom is 0.0743 e. The van der Waals surface area contributed by atoms with E-state index in [2.05, 4.69) is 20.9 Å². The van der Waals surface area contributed by atoms with Gasteiger partial charge in [0.1, 0.15) is 0 Å². The van der Waals surface area contributed by atoms with Crippen LogP contribution in [0.4, 0.5) is 0 Å². The van der Waals surface area contributed by atoms with Crippen molar-refractivity contribution in [3.63, 3.8) is 0 Å². The molecule has 1 nitrogen and oxygen atoms in total. The van der Waals surface area contributed by atoms with Crippen molar-refractivity contribution in [1.82, 2.24) is 4.98 Å². The van der Waals surface area contributed by atoms with Gasteiger partial charge < -0.3 is 0 Å². The third-order valence-electron chi connectivity index (χ3n) is 1.95. The monoisotopic (exact) mass is 255 g/mol. The molecule has 0 aliphatic heterocycles. The van der Waals surface area contributed by atoms with E-state index in [1.54, 1.807) is 6.20 Å². The molecule has 0 saturated heterocycles. The lowest BCUT2D eigenvalue weighted by molar-refractivity contribution is 1.36. The summed E-state index contributed by atoms with van der Waals surface area (Å²) in [6.07, 6.45) is 1.79. The minimum atomic E-state index is 0.749. The molecule has 1 aromatic heterocycles. The van der Waals surface area contributed by atoms with Gasteiger partial charge in [-0.15, -0.1) is 0 Å². The molecule has 0 unspecified atom stereocenters. The quantitative estimate of drug-likeness (QED) is 0.695. The van der Waals surface area contributed by atoms with Crippen LogP contribution < -0.4 is 0 Å². The lowest BCUT2D eigenvalue weighted by Crippen LogP contribution is -1.83. The molecule has 0 spiro atoms. The maximum atomic E-state index is 5.95. The van der Waals surface area contributed by atoms with Gasteiger partial charge in [0, 0.05) is 21.1 Å². The van der Waals surface area contributed by atoms with E-state index < -0.39 is 0 Å². The maximum absolute atomic E-state index is 5.95. The van der Waals surface area contributed by atoms with Crippen LogP contribution in [0.15, 0.2) is 28.9 Å². The molecule has 0 amide bonds. The SMILES string of the molecule is Cc1cc(Cl)cc2c(Br)ccnc12. The molecule has 2 aromatic rings. The summed E-state index contributed by atoms with van der Waals surface area (Å²) in [4.78, 5) is 4.29. The zero-order valence-electron chi connectivity index (χ0n) is 7.01. The van der Waals surface area contributed by atoms with Crippen LogP contribution in [0.3, 0.4) is 0 Å². The zero-order valence-corrected chi connectivity index (χ0v) is 9.35. The summed E-state index contributed by atoms with van der Waals surface area (Å²) < 4.78 is 1.03. The fourth-order valence-electron chi connectivity index (χ4n) is 1.36. The highest BCUT2D eigenvalue weighted by Gasteiger charge is 2.03. The first-order valence-corrected chi connectivity index (χ1v) is 5.06. The van der Waals surface area contributed by atoms with Gasteiger partial charge in [-0.25, -0.2) is 0 Å². The first kappa shape index (κ1) is 8.97. The minimum Gasteiger partial charge on any atom is -0.256 e. The fraction of sp³-hybridized carbons (Fsp3) is 0.100. The van der Waals surface area contributed by atoms with Crippen molar-refractivity contribution in [2.75, 3.05) is 0 Å². The number of fused-ring (bicyclic) bond motifs is 1. The number of halogens is 2. The summed E-state index contributed by atoms with van der Waals surface area (Å²) in [6, 6.07) is 5.75. The largest absolute Gasteiger partial charge is 0.256 e. The predicted octanol–water partition coefficient (Wildman–Crippen LogP) is 3.96. The number of benzene rings is 1. The van der Waals surface area contributed by atoms with Gasteiger partial charge in [0.15, 0.2) is 0 Å². The van der Waals surface area contributed by atoms with Gasteiger partial charge in [-0.05, 0) is 30.7 Å². The van der Waals surface area contributed by atoms with E-state index in [1.165, 1.54) is 0 Å². The van der Waals surface area contributed by atoms with Gasteiger partial charge in [0.25, 0.3) is 0 Å². The van der Waals surface area contributed by atoms with Crippen LogP contribution in [-0.2, 0) is 0 Å². The Kier molecular flexibility index (Phi) is 2.26. The van der Waals surface area contributed by atoms with Crippen molar-refractivity contribution < 1.29 is 0 Å². The number of hydrogen-bond acceptors (Lipinski definition) is 1. The van der Waals surface area contributed by atoms with E-state index >= 15 is 0 Å². The van der Waals surface area contributed by atoms with Gasteiger partial charge in [-0.2, -0.15) is 0 Å². The Morgan fingerprint density at radius 2 is 2.15 bits per heavy atom. The Morgan fingerprint density at radius 1 is 1.38 bits per heavy atom. The molecule has 0 bridgehead atoms. The van der Waals surface area contributed by atoms with Crippen molar-refractivity contribution in [1.29, 1.82) is 0 Å². The second kappa shape index (κ2) is 3.28. The van der Waals surface area contributed by atoms with Gasteiger partial charge >= 0.3 is 0 Å². The van der Waals surface area contributed by atoms with Crippen molar-refractivity contribution in [2.24, 2.45) is 0 Å². The molecule has 0 fully saturated rings. The van der Waals surface area contributed by atoms with E-state index in [0.717, 1.165) is 26.0 Å². The molecule has 66 valence electrons. The number of aromatic nitrogens is 1. The molecule has 13 heavy (non-hydrogen) atoms. The fourth-order valence-corrected chi connectivity index (χ4v) is 2.05. The molecule has 0 aliphatic rings. The first-order valence-electron chi connectivity index (χ1n) is 3.89. The highest BCUT2D eigenvalue weighted by Crippen LogP contribution is 2.27. The van der Waals surface area contributed by atoms with Crippen molar-refractivity contribution in [2.45, 2.75) is 6.92 Å². The molecule has 1 aromatic carbocycles. The summed E-state index contributed by atoms with van der Waals surface area (Å²) in [5, 5.41) is 1.81. The topological polar surface area (TPSA) is 12.9 Å². The highest BCUT2D eigenvalue weighted by atomic mass is 79.9. The van der Waals surface area contributed by atoms with E-state index in [-0.39, 0.29) is 0 Å². The van der Waals surface area contributed by atoms with Gasteiger partial charge in [-0.3, -0.25) is 4.98 Å². The first-order chi connectivity index (χ1) is 6.18. The van der Waals surface area contributed by atoms with Gasteiger partial charge in [0.05, 0.1) is 5.52 Å². The third-order valence-corrected chi connectivity index (χ3v) is 2.86. The number of rotatable bonds is 0. The number of pyridine rings is 1. The van der Waals surface area contributed by atoms with E-state index in [0.29, 0.717) is 0 Å². The number of aryl methyl sites for hydroxylation is 1. The van der Waals surface area contributed by atoms with E-state index in [4.69, 9.17) is 11.6 Å². The Hall–Kier alpha value is -0.600. The number of nitrogens with zero attached hydrogens (tertiary/aromatic N) is 1. The van der Waals surface area contributed by atoms with E-state index in [1.807, 2.05) is 25.1 Å². The Bertz CT molecular complexity index is 468. The van der Waals surface area contributed by atoms with Crippen molar-refractivity contribution >= 4 is 38.4 Å².